The fourth-order valence-corrected chi connectivity index (χ4v) is 2.59. The Morgan fingerprint density at radius 3 is 2.88 bits per heavy atom. The van der Waals surface area contributed by atoms with Crippen LogP contribution in [0.4, 0.5) is 0 Å². The van der Waals surface area contributed by atoms with Crippen molar-refractivity contribution in [3.8, 4) is 17.3 Å². The number of nitrogens with one attached hydrogen (secondary N) is 1. The first kappa shape index (κ1) is 15.2. The van der Waals surface area contributed by atoms with Crippen molar-refractivity contribution in [2.24, 2.45) is 0 Å². The Kier molecular flexibility index (Phi) is 4.04. The number of hydrogen-bond donors (Lipinski definition) is 1. The van der Waals surface area contributed by atoms with Crippen molar-refractivity contribution < 1.29 is 14.3 Å². The highest BCUT2D eigenvalue weighted by Gasteiger charge is 2.20. The summed E-state index contributed by atoms with van der Waals surface area (Å²) in [5, 5.41) is 7.01. The molecule has 0 spiro atoms. The Hall–Kier alpha value is -3.35. The minimum absolute atomic E-state index is 0.210. The van der Waals surface area contributed by atoms with Crippen LogP contribution in [0.1, 0.15) is 15.9 Å². The summed E-state index contributed by atoms with van der Waals surface area (Å²) in [6.07, 6.45) is 5.24. The fourth-order valence-electron chi connectivity index (χ4n) is 2.59. The quantitative estimate of drug-likeness (QED) is 0.788. The number of nitrogens with zero attached hydrogens (tertiary/aromatic N) is 3. The predicted octanol–water partition coefficient (Wildman–Crippen LogP) is 1.97. The molecule has 3 heterocycles. The first-order chi connectivity index (χ1) is 12.3. The van der Waals surface area contributed by atoms with Gasteiger partial charge in [-0.3, -0.25) is 4.79 Å². The Labute approximate surface area is 144 Å². The molecule has 126 valence electrons. The number of hydrogen-bond acceptors (Lipinski definition) is 5. The van der Waals surface area contributed by atoms with E-state index in [1.807, 2.05) is 24.4 Å². The van der Waals surface area contributed by atoms with E-state index in [4.69, 9.17) is 9.47 Å². The summed E-state index contributed by atoms with van der Waals surface area (Å²) in [5.74, 6) is 1.61. The van der Waals surface area contributed by atoms with Crippen molar-refractivity contribution in [3.63, 3.8) is 0 Å². The van der Waals surface area contributed by atoms with Gasteiger partial charge in [-0.15, -0.1) is 0 Å². The zero-order valence-corrected chi connectivity index (χ0v) is 13.4. The summed E-state index contributed by atoms with van der Waals surface area (Å²) in [7, 11) is 0. The normalized spacial score (nSPS) is 12.6. The largest absolute Gasteiger partial charge is 0.486 e. The number of para-hydroxylation sites is 1. The van der Waals surface area contributed by atoms with Crippen LogP contribution >= 0.6 is 0 Å². The smallest absolute Gasteiger partial charge is 0.255 e. The summed E-state index contributed by atoms with van der Waals surface area (Å²) in [6.45, 7) is 1.30. The van der Waals surface area contributed by atoms with Crippen LogP contribution in [0.3, 0.4) is 0 Å². The number of carbonyl (C=O) groups excluding carboxylic acids is 1. The highest BCUT2D eigenvalue weighted by molar-refractivity contribution is 5.97. The monoisotopic (exact) mass is 336 g/mol. The maximum atomic E-state index is 12.5. The van der Waals surface area contributed by atoms with Crippen molar-refractivity contribution >= 4 is 5.91 Å². The van der Waals surface area contributed by atoms with Gasteiger partial charge in [-0.2, -0.15) is 5.10 Å². The van der Waals surface area contributed by atoms with E-state index in [1.54, 1.807) is 35.3 Å². The minimum atomic E-state index is -0.210. The molecule has 4 rings (SSSR count). The Bertz CT molecular complexity index is 876. The highest BCUT2D eigenvalue weighted by atomic mass is 16.6. The van der Waals surface area contributed by atoms with Crippen molar-refractivity contribution in [3.05, 3.63) is 66.1 Å². The number of carbonyl (C=O) groups is 1. The molecule has 0 aliphatic carbocycles. The zero-order chi connectivity index (χ0) is 17.1. The van der Waals surface area contributed by atoms with Gasteiger partial charge >= 0.3 is 0 Å². The average Bonchev–Trinajstić information content (AvgIpc) is 3.21. The van der Waals surface area contributed by atoms with Gasteiger partial charge in [0, 0.05) is 25.1 Å². The van der Waals surface area contributed by atoms with E-state index < -0.39 is 0 Å². The van der Waals surface area contributed by atoms with Crippen LogP contribution in [0.15, 0.2) is 55.0 Å². The lowest BCUT2D eigenvalue weighted by molar-refractivity contribution is 0.0939. The van der Waals surface area contributed by atoms with Gasteiger partial charge in [0.15, 0.2) is 17.3 Å². The molecule has 1 aromatic carbocycles. The van der Waals surface area contributed by atoms with E-state index in [9.17, 15) is 4.79 Å². The number of rotatable bonds is 4. The molecule has 0 fully saturated rings. The van der Waals surface area contributed by atoms with Crippen LogP contribution in [0.5, 0.6) is 11.5 Å². The van der Waals surface area contributed by atoms with Crippen LogP contribution in [0.2, 0.25) is 0 Å². The molecular weight excluding hydrogens is 320 g/mol. The van der Waals surface area contributed by atoms with Crippen molar-refractivity contribution in [2.75, 3.05) is 13.2 Å². The molecule has 0 unspecified atom stereocenters. The summed E-state index contributed by atoms with van der Waals surface area (Å²) in [5.41, 5.74) is 1.37. The molecule has 7 heteroatoms. The fraction of sp³-hybridized carbons (Fsp3) is 0.167. The number of fused-ring (bicyclic) bond motifs is 1. The molecule has 0 bridgehead atoms. The van der Waals surface area contributed by atoms with E-state index in [0.29, 0.717) is 36.8 Å². The van der Waals surface area contributed by atoms with Gasteiger partial charge in [-0.25, -0.2) is 9.67 Å². The van der Waals surface area contributed by atoms with Crippen LogP contribution in [0, 0.1) is 0 Å². The van der Waals surface area contributed by atoms with E-state index >= 15 is 0 Å². The van der Waals surface area contributed by atoms with Crippen LogP contribution in [-0.4, -0.2) is 33.9 Å². The molecular formula is C18H16N4O3. The molecule has 1 aliphatic rings. The third-order valence-corrected chi connectivity index (χ3v) is 3.81. The zero-order valence-electron chi connectivity index (χ0n) is 13.4. The van der Waals surface area contributed by atoms with E-state index in [2.05, 4.69) is 15.4 Å². The first-order valence-electron chi connectivity index (χ1n) is 7.93. The molecule has 0 radical (unpaired) electrons. The Morgan fingerprint density at radius 2 is 2.08 bits per heavy atom. The van der Waals surface area contributed by atoms with Gasteiger partial charge in [0.2, 0.25) is 0 Å². The second-order valence-corrected chi connectivity index (χ2v) is 5.49. The number of benzene rings is 1. The van der Waals surface area contributed by atoms with Crippen LogP contribution in [0.25, 0.3) is 5.82 Å². The lowest BCUT2D eigenvalue weighted by Crippen LogP contribution is -2.25. The van der Waals surface area contributed by atoms with Gasteiger partial charge in [-0.05, 0) is 29.8 Å². The minimum Gasteiger partial charge on any atom is -0.486 e. The first-order valence-corrected chi connectivity index (χ1v) is 7.93. The third-order valence-electron chi connectivity index (χ3n) is 3.81. The summed E-state index contributed by atoms with van der Waals surface area (Å²) >= 11 is 0. The van der Waals surface area contributed by atoms with Crippen molar-refractivity contribution in [1.29, 1.82) is 0 Å². The van der Waals surface area contributed by atoms with Gasteiger partial charge in [0.05, 0.1) is 5.56 Å². The topological polar surface area (TPSA) is 78.3 Å². The summed E-state index contributed by atoms with van der Waals surface area (Å²) in [6, 6.07) is 10.9. The molecule has 0 atom stereocenters. The third kappa shape index (κ3) is 3.16. The average molecular weight is 336 g/mol. The molecule has 25 heavy (non-hydrogen) atoms. The lowest BCUT2D eigenvalue weighted by atomic mass is 10.1. The Morgan fingerprint density at radius 1 is 1.16 bits per heavy atom. The standard InChI is InChI=1S/C18H16N4O3/c23-18(14-3-1-4-15-17(14)25-10-9-24-15)20-12-13-5-6-16(19-11-13)22-8-2-7-21-22/h1-8,11H,9-10,12H2,(H,20,23). The van der Waals surface area contributed by atoms with Gasteiger partial charge in [0.25, 0.3) is 5.91 Å². The summed E-state index contributed by atoms with van der Waals surface area (Å²) < 4.78 is 12.8. The number of ether oxygens (including phenoxy) is 2. The van der Waals surface area contributed by atoms with Gasteiger partial charge in [0.1, 0.15) is 13.2 Å². The number of aromatic nitrogens is 3. The van der Waals surface area contributed by atoms with Crippen LogP contribution < -0.4 is 14.8 Å². The van der Waals surface area contributed by atoms with E-state index in [1.165, 1.54) is 0 Å². The molecule has 2 aromatic heterocycles. The highest BCUT2D eigenvalue weighted by Crippen LogP contribution is 2.33. The second kappa shape index (κ2) is 6.64. The molecule has 0 saturated carbocycles. The molecule has 0 saturated heterocycles. The van der Waals surface area contributed by atoms with Gasteiger partial charge in [-0.1, -0.05) is 12.1 Å². The van der Waals surface area contributed by atoms with E-state index in [-0.39, 0.29) is 5.91 Å². The Balaban J connectivity index is 1.44. The van der Waals surface area contributed by atoms with Crippen molar-refractivity contribution in [1.82, 2.24) is 20.1 Å². The van der Waals surface area contributed by atoms with E-state index in [0.717, 1.165) is 11.4 Å². The predicted molar refractivity (Wildman–Crippen MR) is 90.0 cm³/mol. The number of pyridine rings is 1. The maximum absolute atomic E-state index is 12.5. The molecule has 1 amide bonds. The molecule has 1 aliphatic heterocycles. The van der Waals surface area contributed by atoms with Gasteiger partial charge < -0.3 is 14.8 Å². The molecule has 1 N–H and O–H groups in total. The molecule has 3 aromatic rings. The molecule has 7 nitrogen and oxygen atoms in total. The summed E-state index contributed by atoms with van der Waals surface area (Å²) in [4.78, 5) is 16.8. The SMILES string of the molecule is O=C(NCc1ccc(-n2cccn2)nc1)c1cccc2c1OCCO2. The maximum Gasteiger partial charge on any atom is 0.255 e. The van der Waals surface area contributed by atoms with Crippen molar-refractivity contribution in [2.45, 2.75) is 6.54 Å². The second-order valence-electron chi connectivity index (χ2n) is 5.49. The van der Waals surface area contributed by atoms with Crippen LogP contribution in [-0.2, 0) is 6.54 Å². The lowest BCUT2D eigenvalue weighted by Gasteiger charge is -2.20. The number of amides is 1.